The minimum Gasteiger partial charge on any atom is -0.278 e. The Bertz CT molecular complexity index is 2760. The molecule has 0 atom stereocenters. The average Bonchev–Trinajstić information content (AvgIpc) is 3.50. The maximum absolute atomic E-state index is 5.33. The summed E-state index contributed by atoms with van der Waals surface area (Å²) in [5, 5.41) is 11.9. The Morgan fingerprint density at radius 1 is 0.362 bits per heavy atom. The van der Waals surface area contributed by atoms with E-state index in [1.54, 1.807) is 0 Å². The van der Waals surface area contributed by atoms with Crippen molar-refractivity contribution < 1.29 is 0 Å². The molecule has 0 bridgehead atoms. The van der Waals surface area contributed by atoms with Crippen LogP contribution in [0.2, 0.25) is 0 Å². The molecule has 47 heavy (non-hydrogen) atoms. The molecule has 0 saturated carbocycles. The van der Waals surface area contributed by atoms with Gasteiger partial charge in [0.1, 0.15) is 0 Å². The first-order chi connectivity index (χ1) is 23.3. The molecule has 0 radical (unpaired) electrons. The lowest BCUT2D eigenvalue weighted by Gasteiger charge is -2.13. The van der Waals surface area contributed by atoms with E-state index in [1.807, 2.05) is 18.2 Å². The number of hydrogen-bond donors (Lipinski definition) is 0. The summed E-state index contributed by atoms with van der Waals surface area (Å²) in [6.45, 7) is 0. The highest BCUT2D eigenvalue weighted by Gasteiger charge is 2.21. The summed E-state index contributed by atoms with van der Waals surface area (Å²) >= 11 is 0. The number of benzene rings is 8. The number of aromatic nitrogens is 4. The van der Waals surface area contributed by atoms with E-state index in [4.69, 9.17) is 15.0 Å². The van der Waals surface area contributed by atoms with Gasteiger partial charge in [-0.2, -0.15) is 9.97 Å². The second-order valence-corrected chi connectivity index (χ2v) is 12.0. The Balaban J connectivity index is 1.36. The normalized spacial score (nSPS) is 11.8. The van der Waals surface area contributed by atoms with E-state index in [0.29, 0.717) is 17.6 Å². The van der Waals surface area contributed by atoms with Crippen LogP contribution in [0.25, 0.3) is 93.6 Å². The Hall–Kier alpha value is -6.39. The summed E-state index contributed by atoms with van der Waals surface area (Å²) in [5.41, 5.74) is 4.06. The zero-order valence-electron chi connectivity index (χ0n) is 25.3. The molecule has 0 spiro atoms. The standard InChI is InChI=1S/C43H26N4/c1-2-14-29(15-3-1)41-44-42(36-26-30-16-6-7-17-31(30)34-20-10-11-21-35(34)36)46-43(45-41)47-37-24-22-27-12-4-8-18-32(27)39(37)40-33-19-9-5-13-28(33)23-25-38(40)47/h1-26H. The highest BCUT2D eigenvalue weighted by Crippen LogP contribution is 2.41. The monoisotopic (exact) mass is 598 g/mol. The lowest BCUT2D eigenvalue weighted by atomic mass is 9.97. The van der Waals surface area contributed by atoms with Gasteiger partial charge in [-0.25, -0.2) is 4.98 Å². The second-order valence-electron chi connectivity index (χ2n) is 12.0. The van der Waals surface area contributed by atoms with Crippen LogP contribution in [0, 0.1) is 0 Å². The first-order valence-corrected chi connectivity index (χ1v) is 15.9. The van der Waals surface area contributed by atoms with E-state index in [0.717, 1.165) is 32.9 Å². The van der Waals surface area contributed by atoms with E-state index in [2.05, 4.69) is 144 Å². The summed E-state index contributed by atoms with van der Waals surface area (Å²) in [7, 11) is 0. The zero-order chi connectivity index (χ0) is 30.9. The third-order valence-electron chi connectivity index (χ3n) is 9.41. The maximum Gasteiger partial charge on any atom is 0.238 e. The summed E-state index contributed by atoms with van der Waals surface area (Å²) < 4.78 is 2.23. The topological polar surface area (TPSA) is 43.6 Å². The van der Waals surface area contributed by atoms with Crippen molar-refractivity contribution in [3.05, 3.63) is 158 Å². The number of rotatable bonds is 3. The van der Waals surface area contributed by atoms with Crippen molar-refractivity contribution in [3.63, 3.8) is 0 Å². The Labute approximate surface area is 270 Å². The lowest BCUT2D eigenvalue weighted by molar-refractivity contribution is 0.955. The van der Waals surface area contributed by atoms with E-state index < -0.39 is 0 Å². The molecule has 0 unspecified atom stereocenters. The third kappa shape index (κ3) is 3.92. The van der Waals surface area contributed by atoms with Crippen LogP contribution in [0.4, 0.5) is 0 Å². The maximum atomic E-state index is 5.33. The molecule has 218 valence electrons. The van der Waals surface area contributed by atoms with Crippen LogP contribution in [0.5, 0.6) is 0 Å². The molecular weight excluding hydrogens is 573 g/mol. The second kappa shape index (κ2) is 10.1. The highest BCUT2D eigenvalue weighted by molar-refractivity contribution is 6.28. The van der Waals surface area contributed by atoms with Gasteiger partial charge in [0.25, 0.3) is 0 Å². The molecule has 10 aromatic rings. The molecule has 0 N–H and O–H groups in total. The number of hydrogen-bond acceptors (Lipinski definition) is 3. The van der Waals surface area contributed by atoms with Gasteiger partial charge in [0, 0.05) is 21.9 Å². The molecule has 0 aliphatic carbocycles. The molecule has 4 heteroatoms. The van der Waals surface area contributed by atoms with Crippen molar-refractivity contribution in [2.24, 2.45) is 0 Å². The smallest absolute Gasteiger partial charge is 0.238 e. The summed E-state index contributed by atoms with van der Waals surface area (Å²) in [6, 6.07) is 55.6. The minimum atomic E-state index is 0.594. The van der Waals surface area contributed by atoms with Crippen molar-refractivity contribution in [1.82, 2.24) is 19.5 Å². The van der Waals surface area contributed by atoms with Gasteiger partial charge in [0.05, 0.1) is 11.0 Å². The van der Waals surface area contributed by atoms with Gasteiger partial charge in [-0.3, -0.25) is 4.57 Å². The van der Waals surface area contributed by atoms with Crippen LogP contribution in [-0.4, -0.2) is 19.5 Å². The fraction of sp³-hybridized carbons (Fsp3) is 0. The summed E-state index contributed by atoms with van der Waals surface area (Å²) in [6.07, 6.45) is 0. The van der Waals surface area contributed by atoms with Gasteiger partial charge in [-0.1, -0.05) is 140 Å². The Kier molecular flexibility index (Phi) is 5.54. The van der Waals surface area contributed by atoms with Crippen molar-refractivity contribution >= 4 is 64.9 Å². The first-order valence-electron chi connectivity index (χ1n) is 15.9. The van der Waals surface area contributed by atoms with Crippen LogP contribution in [0.15, 0.2) is 158 Å². The Morgan fingerprint density at radius 2 is 0.872 bits per heavy atom. The quantitative estimate of drug-likeness (QED) is 0.190. The van der Waals surface area contributed by atoms with Crippen LogP contribution in [0.1, 0.15) is 0 Å². The molecule has 0 aliphatic heterocycles. The van der Waals surface area contributed by atoms with Gasteiger partial charge in [-0.05, 0) is 61.3 Å². The SMILES string of the molecule is c1ccc(-c2nc(-c3cc4ccccc4c4ccccc34)nc(-n3c4ccc5ccccc5c4c4c5ccccc5ccc43)n2)cc1. The van der Waals surface area contributed by atoms with E-state index in [-0.39, 0.29) is 0 Å². The predicted molar refractivity (Wildman–Crippen MR) is 195 cm³/mol. The average molecular weight is 599 g/mol. The van der Waals surface area contributed by atoms with Crippen LogP contribution >= 0.6 is 0 Å². The molecular formula is C43H26N4. The molecule has 0 aliphatic rings. The molecule has 8 aromatic carbocycles. The van der Waals surface area contributed by atoms with Crippen LogP contribution in [-0.2, 0) is 0 Å². The highest BCUT2D eigenvalue weighted by atomic mass is 15.2. The van der Waals surface area contributed by atoms with Gasteiger partial charge >= 0.3 is 0 Å². The van der Waals surface area contributed by atoms with Gasteiger partial charge in [0.15, 0.2) is 11.6 Å². The van der Waals surface area contributed by atoms with Crippen molar-refractivity contribution in [3.8, 4) is 28.7 Å². The van der Waals surface area contributed by atoms with Gasteiger partial charge in [0.2, 0.25) is 5.95 Å². The minimum absolute atomic E-state index is 0.594. The molecule has 2 heterocycles. The summed E-state index contributed by atoms with van der Waals surface area (Å²) in [4.78, 5) is 15.7. The fourth-order valence-electron chi connectivity index (χ4n) is 7.30. The summed E-state index contributed by atoms with van der Waals surface area (Å²) in [5.74, 6) is 1.88. The van der Waals surface area contributed by atoms with Crippen molar-refractivity contribution in [2.45, 2.75) is 0 Å². The van der Waals surface area contributed by atoms with Crippen molar-refractivity contribution in [2.75, 3.05) is 0 Å². The van der Waals surface area contributed by atoms with E-state index in [1.165, 1.54) is 43.1 Å². The molecule has 0 saturated heterocycles. The van der Waals surface area contributed by atoms with E-state index in [9.17, 15) is 0 Å². The van der Waals surface area contributed by atoms with E-state index >= 15 is 0 Å². The number of nitrogens with zero attached hydrogens (tertiary/aromatic N) is 4. The fourth-order valence-corrected chi connectivity index (χ4v) is 7.30. The van der Waals surface area contributed by atoms with Gasteiger partial charge in [-0.15, -0.1) is 0 Å². The molecule has 2 aromatic heterocycles. The number of fused-ring (bicyclic) bond motifs is 10. The largest absolute Gasteiger partial charge is 0.278 e. The Morgan fingerprint density at radius 3 is 1.53 bits per heavy atom. The first kappa shape index (κ1) is 25.9. The predicted octanol–water partition coefficient (Wildman–Crippen LogP) is 10.9. The zero-order valence-corrected chi connectivity index (χ0v) is 25.3. The molecule has 4 nitrogen and oxygen atoms in total. The van der Waals surface area contributed by atoms with Crippen LogP contribution in [0.3, 0.4) is 0 Å². The van der Waals surface area contributed by atoms with Crippen molar-refractivity contribution in [1.29, 1.82) is 0 Å². The molecule has 0 fully saturated rings. The van der Waals surface area contributed by atoms with Crippen LogP contribution < -0.4 is 0 Å². The molecule has 10 rings (SSSR count). The third-order valence-corrected chi connectivity index (χ3v) is 9.41. The lowest BCUT2D eigenvalue weighted by Crippen LogP contribution is -2.06. The molecule has 0 amide bonds. The van der Waals surface area contributed by atoms with Gasteiger partial charge < -0.3 is 0 Å².